The summed E-state index contributed by atoms with van der Waals surface area (Å²) in [6, 6.07) is 7.34. The molecule has 0 radical (unpaired) electrons. The lowest BCUT2D eigenvalue weighted by molar-refractivity contribution is 0.618. The molecule has 1 atom stereocenters. The maximum atomic E-state index is 13.2. The zero-order valence-corrected chi connectivity index (χ0v) is 13.4. The van der Waals surface area contributed by atoms with Gasteiger partial charge in [-0.05, 0) is 53.0 Å². The topological polar surface area (TPSA) is 0 Å². The van der Waals surface area contributed by atoms with Gasteiger partial charge in [0.1, 0.15) is 5.82 Å². The van der Waals surface area contributed by atoms with Crippen molar-refractivity contribution in [2.75, 3.05) is 0 Å². The number of halogens is 3. The van der Waals surface area contributed by atoms with Gasteiger partial charge >= 0.3 is 0 Å². The summed E-state index contributed by atoms with van der Waals surface area (Å²) in [6.07, 6.45) is 0. The number of benzene rings is 1. The highest BCUT2D eigenvalue weighted by molar-refractivity contribution is 9.10. The quantitative estimate of drug-likeness (QED) is 0.584. The molecule has 1 aromatic heterocycles. The molecular formula is C13H11Br2FS. The van der Waals surface area contributed by atoms with Gasteiger partial charge in [-0.25, -0.2) is 4.39 Å². The second kappa shape index (κ2) is 5.21. The summed E-state index contributed by atoms with van der Waals surface area (Å²) < 4.78 is 14.3. The van der Waals surface area contributed by atoms with E-state index in [1.165, 1.54) is 15.8 Å². The van der Waals surface area contributed by atoms with E-state index in [2.05, 4.69) is 44.8 Å². The molecule has 0 N–H and O–H groups in total. The monoisotopic (exact) mass is 376 g/mol. The fraction of sp³-hybridized carbons (Fsp3) is 0.231. The Labute approximate surface area is 121 Å². The van der Waals surface area contributed by atoms with E-state index in [9.17, 15) is 4.39 Å². The van der Waals surface area contributed by atoms with Gasteiger partial charge in [0.2, 0.25) is 0 Å². The van der Waals surface area contributed by atoms with Crippen LogP contribution in [0.1, 0.15) is 25.7 Å². The molecule has 0 aliphatic carbocycles. The molecule has 0 saturated carbocycles. The first-order valence-corrected chi connectivity index (χ1v) is 7.67. The lowest BCUT2D eigenvalue weighted by Crippen LogP contribution is -1.92. The Morgan fingerprint density at radius 2 is 1.94 bits per heavy atom. The number of rotatable bonds is 2. The zero-order chi connectivity index (χ0) is 12.6. The zero-order valence-electron chi connectivity index (χ0n) is 9.43. The average molecular weight is 378 g/mol. The molecule has 4 heteroatoms. The van der Waals surface area contributed by atoms with Crippen LogP contribution in [0.25, 0.3) is 0 Å². The lowest BCUT2D eigenvalue weighted by Gasteiger charge is -2.09. The van der Waals surface area contributed by atoms with Crippen LogP contribution in [0.2, 0.25) is 0 Å². The largest absolute Gasteiger partial charge is 0.207 e. The molecule has 0 nitrogen and oxygen atoms in total. The van der Waals surface area contributed by atoms with Crippen LogP contribution in [-0.4, -0.2) is 0 Å². The molecule has 0 aliphatic rings. The third-order valence-electron chi connectivity index (χ3n) is 2.60. The predicted molar refractivity (Wildman–Crippen MR) is 78.7 cm³/mol. The first kappa shape index (κ1) is 13.2. The van der Waals surface area contributed by atoms with Crippen LogP contribution in [0.3, 0.4) is 0 Å². The minimum atomic E-state index is -0.156. The Hall–Kier alpha value is -0.190. The van der Waals surface area contributed by atoms with Crippen LogP contribution in [0.15, 0.2) is 28.7 Å². The van der Waals surface area contributed by atoms with Crippen molar-refractivity contribution in [2.45, 2.75) is 18.7 Å². The van der Waals surface area contributed by atoms with Gasteiger partial charge < -0.3 is 0 Å². The fourth-order valence-corrected chi connectivity index (χ4v) is 3.86. The number of alkyl halides is 1. The molecule has 0 bridgehead atoms. The van der Waals surface area contributed by atoms with Crippen LogP contribution in [0.5, 0.6) is 0 Å². The van der Waals surface area contributed by atoms with Crippen molar-refractivity contribution in [1.82, 2.24) is 0 Å². The Bertz CT molecular complexity index is 529. The van der Waals surface area contributed by atoms with E-state index in [-0.39, 0.29) is 10.6 Å². The molecule has 0 spiro atoms. The summed E-state index contributed by atoms with van der Waals surface area (Å²) in [6.45, 7) is 3.86. The highest BCUT2D eigenvalue weighted by Gasteiger charge is 2.15. The van der Waals surface area contributed by atoms with Crippen LogP contribution < -0.4 is 0 Å². The van der Waals surface area contributed by atoms with Crippen molar-refractivity contribution >= 4 is 43.2 Å². The van der Waals surface area contributed by atoms with Crippen LogP contribution in [0.4, 0.5) is 4.39 Å². The minimum absolute atomic E-state index is 0.122. The Morgan fingerprint density at radius 1 is 1.24 bits per heavy atom. The molecule has 0 saturated heterocycles. The van der Waals surface area contributed by atoms with Gasteiger partial charge in [0.25, 0.3) is 0 Å². The highest BCUT2D eigenvalue weighted by atomic mass is 79.9. The van der Waals surface area contributed by atoms with Gasteiger partial charge in [-0.3, -0.25) is 0 Å². The van der Waals surface area contributed by atoms with Gasteiger partial charge in [-0.15, -0.1) is 11.3 Å². The standard InChI is InChI=1S/C13H11Br2FS/c1-7-5-9(3-4-11(7)16)13(15)12-6-10(14)8(2)17-12/h3-6,13H,1-2H3. The van der Waals surface area contributed by atoms with E-state index in [0.29, 0.717) is 5.56 Å². The second-order valence-corrected chi connectivity index (χ2v) is 6.98. The van der Waals surface area contributed by atoms with Gasteiger partial charge in [0.05, 0.1) is 4.83 Å². The third-order valence-corrected chi connectivity index (χ3v) is 6.13. The van der Waals surface area contributed by atoms with Crippen molar-refractivity contribution in [2.24, 2.45) is 0 Å². The average Bonchev–Trinajstić information content (AvgIpc) is 2.62. The van der Waals surface area contributed by atoms with E-state index in [1.807, 2.05) is 12.1 Å². The second-order valence-electron chi connectivity index (χ2n) is 3.92. The summed E-state index contributed by atoms with van der Waals surface area (Å²) >= 11 is 8.92. The number of thiophene rings is 1. The smallest absolute Gasteiger partial charge is 0.126 e. The van der Waals surface area contributed by atoms with E-state index < -0.39 is 0 Å². The summed E-state index contributed by atoms with van der Waals surface area (Å²) in [5.41, 5.74) is 1.76. The third kappa shape index (κ3) is 2.80. The van der Waals surface area contributed by atoms with Crippen molar-refractivity contribution in [3.8, 4) is 0 Å². The predicted octanol–water partition coefficient (Wildman–Crippen LogP) is 5.75. The van der Waals surface area contributed by atoms with Crippen molar-refractivity contribution in [1.29, 1.82) is 0 Å². The van der Waals surface area contributed by atoms with Gasteiger partial charge in [0.15, 0.2) is 0 Å². The van der Waals surface area contributed by atoms with Crippen molar-refractivity contribution in [3.05, 3.63) is 55.4 Å². The molecule has 0 fully saturated rings. The normalized spacial score (nSPS) is 12.8. The van der Waals surface area contributed by atoms with Crippen molar-refractivity contribution < 1.29 is 4.39 Å². The summed E-state index contributed by atoms with van der Waals surface area (Å²) in [4.78, 5) is 2.60. The van der Waals surface area contributed by atoms with Crippen LogP contribution in [-0.2, 0) is 0 Å². The molecule has 2 aromatic rings. The fourth-order valence-electron chi connectivity index (χ4n) is 1.60. The Balaban J connectivity index is 2.36. The minimum Gasteiger partial charge on any atom is -0.207 e. The molecule has 0 aliphatic heterocycles. The first-order chi connectivity index (χ1) is 7.99. The molecule has 0 amide bonds. The maximum Gasteiger partial charge on any atom is 0.126 e. The molecular weight excluding hydrogens is 367 g/mol. The summed E-state index contributed by atoms with van der Waals surface area (Å²) in [7, 11) is 0. The lowest BCUT2D eigenvalue weighted by atomic mass is 10.1. The Morgan fingerprint density at radius 3 is 2.47 bits per heavy atom. The van der Waals surface area contributed by atoms with E-state index in [1.54, 1.807) is 18.3 Å². The molecule has 90 valence electrons. The SMILES string of the molecule is Cc1cc(C(Br)c2cc(Br)c(C)s2)ccc1F. The summed E-state index contributed by atoms with van der Waals surface area (Å²) in [5, 5.41) is 0. The van der Waals surface area contributed by atoms with Crippen molar-refractivity contribution in [3.63, 3.8) is 0 Å². The number of hydrogen-bond donors (Lipinski definition) is 0. The van der Waals surface area contributed by atoms with Gasteiger partial charge in [-0.1, -0.05) is 28.1 Å². The van der Waals surface area contributed by atoms with E-state index in [4.69, 9.17) is 0 Å². The molecule has 1 heterocycles. The van der Waals surface area contributed by atoms with Crippen LogP contribution in [0, 0.1) is 19.7 Å². The van der Waals surface area contributed by atoms with Gasteiger partial charge in [-0.2, -0.15) is 0 Å². The van der Waals surface area contributed by atoms with Crippen LogP contribution >= 0.6 is 43.2 Å². The first-order valence-electron chi connectivity index (χ1n) is 5.15. The van der Waals surface area contributed by atoms with E-state index >= 15 is 0 Å². The molecule has 1 unspecified atom stereocenters. The summed E-state index contributed by atoms with van der Waals surface area (Å²) in [5.74, 6) is -0.156. The highest BCUT2D eigenvalue weighted by Crippen LogP contribution is 2.38. The van der Waals surface area contributed by atoms with Gasteiger partial charge in [0, 0.05) is 14.2 Å². The molecule has 17 heavy (non-hydrogen) atoms. The number of hydrogen-bond acceptors (Lipinski definition) is 1. The van der Waals surface area contributed by atoms with E-state index in [0.717, 1.165) is 10.0 Å². The number of aryl methyl sites for hydroxylation is 2. The molecule has 1 aromatic carbocycles. The Kier molecular flexibility index (Phi) is 4.06. The molecule has 2 rings (SSSR count). The maximum absolute atomic E-state index is 13.2.